The van der Waals surface area contributed by atoms with Crippen LogP contribution in [0.25, 0.3) is 21.5 Å². The minimum Gasteiger partial charge on any atom is -0.165 e. The summed E-state index contributed by atoms with van der Waals surface area (Å²) in [6.07, 6.45) is 0. The van der Waals surface area contributed by atoms with E-state index in [0.717, 1.165) is 9.52 Å². The molecule has 0 aliphatic rings. The van der Waals surface area contributed by atoms with Crippen molar-refractivity contribution in [1.29, 1.82) is 0 Å². The number of benzene rings is 2. The molecule has 0 aliphatic carbocycles. The molecule has 0 bridgehead atoms. The van der Waals surface area contributed by atoms with E-state index in [-0.39, 0.29) is 51.0 Å². The second-order valence-corrected chi connectivity index (χ2v) is 8.73. The van der Waals surface area contributed by atoms with Crippen molar-refractivity contribution in [3.63, 3.8) is 0 Å². The van der Waals surface area contributed by atoms with Gasteiger partial charge in [0, 0.05) is 9.52 Å². The standard InChI is InChI=1S/2C12H13.C2H6Si.2ClH.Zr/c2*1-8-4-10(3)12-7-9(2)6-11(12)5-8;1-3-2;;;/h2*4-7H,1-3H3;1-2H3;2*1H;/q2*-1;;;;+2. The average molecular weight is 537 g/mol. The maximum absolute atomic E-state index is 2.25. The van der Waals surface area contributed by atoms with E-state index in [0.29, 0.717) is 0 Å². The second-order valence-electron chi connectivity index (χ2n) is 7.73. The number of rotatable bonds is 0. The van der Waals surface area contributed by atoms with Gasteiger partial charge in [0.2, 0.25) is 0 Å². The number of halogens is 2. The first-order valence-corrected chi connectivity index (χ1v) is 11.6. The van der Waals surface area contributed by atoms with Crippen molar-refractivity contribution >= 4 is 55.9 Å². The maximum atomic E-state index is 2.25. The molecule has 0 aromatic heterocycles. The summed E-state index contributed by atoms with van der Waals surface area (Å²) in [5.74, 6) is 0. The smallest absolute Gasteiger partial charge is 0.165 e. The monoisotopic (exact) mass is 534 g/mol. The Morgan fingerprint density at radius 1 is 0.567 bits per heavy atom. The molecule has 0 unspecified atom stereocenters. The summed E-state index contributed by atoms with van der Waals surface area (Å²) in [7, 11) is 1.08. The topological polar surface area (TPSA) is 0 Å². The maximum Gasteiger partial charge on any atom is 2.00 e. The first kappa shape index (κ1) is 31.5. The third-order valence-corrected chi connectivity index (χ3v) is 4.64. The van der Waals surface area contributed by atoms with Crippen LogP contribution in [0.15, 0.2) is 48.5 Å². The Morgan fingerprint density at radius 3 is 1.17 bits per heavy atom. The zero-order valence-electron chi connectivity index (χ0n) is 19.4. The molecule has 0 fully saturated rings. The Balaban J connectivity index is 0. The molecule has 2 radical (unpaired) electrons. The van der Waals surface area contributed by atoms with Crippen molar-refractivity contribution in [2.45, 2.75) is 54.6 Å². The van der Waals surface area contributed by atoms with Crippen LogP contribution in [0.2, 0.25) is 13.1 Å². The summed E-state index contributed by atoms with van der Waals surface area (Å²) in [6, 6.07) is 18.0. The van der Waals surface area contributed by atoms with Gasteiger partial charge in [-0.25, -0.2) is 0 Å². The van der Waals surface area contributed by atoms with Gasteiger partial charge in [-0.15, -0.1) is 81.8 Å². The molecule has 0 saturated heterocycles. The van der Waals surface area contributed by atoms with E-state index in [1.54, 1.807) is 0 Å². The van der Waals surface area contributed by atoms with Crippen molar-refractivity contribution in [3.05, 3.63) is 81.9 Å². The third kappa shape index (κ3) is 8.46. The second kappa shape index (κ2) is 14.4. The summed E-state index contributed by atoms with van der Waals surface area (Å²) in [5.41, 5.74) is 8.20. The molecule has 4 heteroatoms. The Morgan fingerprint density at radius 2 is 0.867 bits per heavy atom. The van der Waals surface area contributed by atoms with Crippen molar-refractivity contribution in [2.24, 2.45) is 0 Å². The van der Waals surface area contributed by atoms with Crippen LogP contribution >= 0.6 is 24.8 Å². The van der Waals surface area contributed by atoms with Crippen molar-refractivity contribution < 1.29 is 26.2 Å². The Kier molecular flexibility index (Phi) is 15.1. The summed E-state index contributed by atoms with van der Waals surface area (Å²) in [4.78, 5) is 0. The fourth-order valence-electron chi connectivity index (χ4n) is 3.69. The normalized spacial score (nSPS) is 9.33. The first-order chi connectivity index (χ1) is 12.7. The molecule has 0 N–H and O–H groups in total. The summed E-state index contributed by atoms with van der Waals surface area (Å²) in [5, 5.41) is 5.56. The first-order valence-electron chi connectivity index (χ1n) is 9.62. The van der Waals surface area contributed by atoms with Gasteiger partial charge in [-0.05, 0) is 27.7 Å². The van der Waals surface area contributed by atoms with Crippen LogP contribution in [0.5, 0.6) is 0 Å². The van der Waals surface area contributed by atoms with E-state index in [9.17, 15) is 0 Å². The molecule has 0 saturated carbocycles. The Bertz CT molecular complexity index is 960. The van der Waals surface area contributed by atoms with E-state index < -0.39 is 0 Å². The third-order valence-electron chi connectivity index (χ3n) is 4.64. The van der Waals surface area contributed by atoms with Crippen LogP contribution in [-0.4, -0.2) is 9.52 Å². The van der Waals surface area contributed by atoms with Gasteiger partial charge in [-0.3, -0.25) is 0 Å². The number of hydrogen-bond acceptors (Lipinski definition) is 0. The van der Waals surface area contributed by atoms with E-state index in [4.69, 9.17) is 0 Å². The molecular formula is C26H34Cl2SiZr. The molecule has 4 aromatic rings. The van der Waals surface area contributed by atoms with E-state index in [1.165, 1.54) is 54.9 Å². The van der Waals surface area contributed by atoms with Crippen molar-refractivity contribution in [1.82, 2.24) is 0 Å². The Hall–Kier alpha value is -0.660. The van der Waals surface area contributed by atoms with Gasteiger partial charge in [-0.1, -0.05) is 61.3 Å². The summed E-state index contributed by atoms with van der Waals surface area (Å²) in [6.45, 7) is 17.2. The van der Waals surface area contributed by atoms with Crippen LogP contribution in [0.3, 0.4) is 0 Å². The van der Waals surface area contributed by atoms with Crippen LogP contribution in [-0.2, 0) is 26.2 Å². The van der Waals surface area contributed by atoms with Crippen molar-refractivity contribution in [2.75, 3.05) is 0 Å². The van der Waals surface area contributed by atoms with Crippen molar-refractivity contribution in [3.8, 4) is 0 Å². The molecule has 30 heavy (non-hydrogen) atoms. The Labute approximate surface area is 217 Å². The van der Waals surface area contributed by atoms with Gasteiger partial charge in [0.25, 0.3) is 0 Å². The van der Waals surface area contributed by atoms with E-state index in [1.807, 2.05) is 0 Å². The molecule has 0 spiro atoms. The van der Waals surface area contributed by atoms with Gasteiger partial charge in [0.1, 0.15) is 0 Å². The molecule has 0 aliphatic heterocycles. The predicted molar refractivity (Wildman–Crippen MR) is 139 cm³/mol. The molecule has 0 amide bonds. The fourth-order valence-corrected chi connectivity index (χ4v) is 3.69. The molecule has 0 heterocycles. The van der Waals surface area contributed by atoms with Crippen LogP contribution in [0, 0.1) is 41.5 Å². The molecule has 160 valence electrons. The van der Waals surface area contributed by atoms with E-state index in [2.05, 4.69) is 103 Å². The van der Waals surface area contributed by atoms with Crippen LogP contribution < -0.4 is 0 Å². The number of fused-ring (bicyclic) bond motifs is 2. The molecule has 4 aromatic carbocycles. The molecular weight excluding hydrogens is 503 g/mol. The van der Waals surface area contributed by atoms with Crippen LogP contribution in [0.4, 0.5) is 0 Å². The van der Waals surface area contributed by atoms with Gasteiger partial charge in [0.05, 0.1) is 0 Å². The van der Waals surface area contributed by atoms with Crippen LogP contribution in [0.1, 0.15) is 33.4 Å². The van der Waals surface area contributed by atoms with Gasteiger partial charge >= 0.3 is 26.2 Å². The molecule has 4 rings (SSSR count). The summed E-state index contributed by atoms with van der Waals surface area (Å²) >= 11 is 0. The predicted octanol–water partition coefficient (Wildman–Crippen LogP) is 8.60. The zero-order chi connectivity index (χ0) is 20.1. The van der Waals surface area contributed by atoms with Gasteiger partial charge in [0.15, 0.2) is 0 Å². The number of hydrogen-bond donors (Lipinski definition) is 0. The van der Waals surface area contributed by atoms with Gasteiger partial charge < -0.3 is 0 Å². The van der Waals surface area contributed by atoms with E-state index >= 15 is 0 Å². The fraction of sp³-hybridized carbons (Fsp3) is 0.308. The summed E-state index contributed by atoms with van der Waals surface area (Å²) < 4.78 is 0. The minimum absolute atomic E-state index is 0. The zero-order valence-corrected chi connectivity index (χ0v) is 24.5. The molecule has 0 nitrogen and oxygen atoms in total. The number of aryl methyl sites for hydroxylation is 6. The SMILES string of the molecule is C[Si]C.Cc1cc(C)c2cc(C)[cH-]c2c1.Cc1cc(C)c2cc(C)[cH-]c2c1.Cl.Cl.[Zr+2]. The average Bonchev–Trinajstić information content (AvgIpc) is 3.10. The quantitative estimate of drug-likeness (QED) is 0.156. The largest absolute Gasteiger partial charge is 2.00 e. The minimum atomic E-state index is 0. The van der Waals surface area contributed by atoms with Gasteiger partial charge in [-0.2, -0.15) is 12.1 Å². The molecule has 0 atom stereocenters.